The van der Waals surface area contributed by atoms with Gasteiger partial charge in [-0.2, -0.15) is 5.11 Å². The molecule has 0 aliphatic heterocycles. The number of methoxy groups -OCH3 is 1. The molecule has 0 aromatic heterocycles. The van der Waals surface area contributed by atoms with Crippen molar-refractivity contribution in [2.24, 2.45) is 10.2 Å². The Kier molecular flexibility index (Phi) is 4.34. The maximum Gasteiger partial charge on any atom is 0.300 e. The largest absolute Gasteiger partial charge is 0.496 e. The van der Waals surface area contributed by atoms with Gasteiger partial charge in [-0.3, -0.25) is 10.1 Å². The molecule has 0 fully saturated rings. The minimum absolute atomic E-state index is 0.119. The third-order valence-electron chi connectivity index (χ3n) is 2.64. The standard InChI is InChI=1S/C13H11ClN4O3/c1-21-9-3-5-12(13(7-9)18(19)20)17-16-8-2-4-11(15)10(14)6-8/h2-7H,15H2,1H3. The van der Waals surface area contributed by atoms with Crippen LogP contribution in [-0.2, 0) is 0 Å². The molecule has 0 aliphatic carbocycles. The second-order valence-corrected chi connectivity index (χ2v) is 4.42. The first-order valence-corrected chi connectivity index (χ1v) is 6.18. The summed E-state index contributed by atoms with van der Waals surface area (Å²) in [7, 11) is 1.43. The van der Waals surface area contributed by atoms with E-state index >= 15 is 0 Å². The molecular weight excluding hydrogens is 296 g/mol. The lowest BCUT2D eigenvalue weighted by Crippen LogP contribution is -1.90. The van der Waals surface area contributed by atoms with E-state index in [1.807, 2.05) is 0 Å². The molecule has 0 amide bonds. The molecule has 0 spiro atoms. The van der Waals surface area contributed by atoms with E-state index in [1.165, 1.54) is 25.3 Å². The highest BCUT2D eigenvalue weighted by Crippen LogP contribution is 2.33. The van der Waals surface area contributed by atoms with Gasteiger partial charge in [-0.25, -0.2) is 0 Å². The summed E-state index contributed by atoms with van der Waals surface area (Å²) in [5, 5.41) is 19.1. The van der Waals surface area contributed by atoms with E-state index in [1.54, 1.807) is 18.2 Å². The fourth-order valence-corrected chi connectivity index (χ4v) is 1.73. The normalized spacial score (nSPS) is 10.8. The Morgan fingerprint density at radius 1 is 1.24 bits per heavy atom. The molecule has 0 bridgehead atoms. The van der Waals surface area contributed by atoms with Gasteiger partial charge in [-0.1, -0.05) is 11.6 Å². The molecule has 108 valence electrons. The van der Waals surface area contributed by atoms with Crippen molar-refractivity contribution in [3.05, 3.63) is 51.5 Å². The molecule has 2 rings (SSSR count). The fourth-order valence-electron chi connectivity index (χ4n) is 1.55. The number of nitrogen functional groups attached to an aromatic ring is 1. The molecule has 2 N–H and O–H groups in total. The molecular formula is C13H11ClN4O3. The number of nitrogens with zero attached hydrogens (tertiary/aromatic N) is 3. The van der Waals surface area contributed by atoms with Gasteiger partial charge in [-0.15, -0.1) is 5.11 Å². The molecule has 0 atom stereocenters. The Morgan fingerprint density at radius 3 is 2.62 bits per heavy atom. The van der Waals surface area contributed by atoms with Gasteiger partial charge in [0.2, 0.25) is 0 Å². The van der Waals surface area contributed by atoms with Crippen molar-refractivity contribution in [1.82, 2.24) is 0 Å². The van der Waals surface area contributed by atoms with Gasteiger partial charge in [0.05, 0.1) is 34.5 Å². The van der Waals surface area contributed by atoms with Crippen molar-refractivity contribution in [1.29, 1.82) is 0 Å². The Morgan fingerprint density at radius 2 is 2.00 bits per heavy atom. The van der Waals surface area contributed by atoms with Gasteiger partial charge in [0.15, 0.2) is 5.69 Å². The first kappa shape index (κ1) is 14.7. The molecule has 2 aromatic rings. The number of benzene rings is 2. The van der Waals surface area contributed by atoms with Gasteiger partial charge in [0.25, 0.3) is 5.69 Å². The fraction of sp³-hybridized carbons (Fsp3) is 0.0769. The summed E-state index contributed by atoms with van der Waals surface area (Å²) in [6.45, 7) is 0. The van der Waals surface area contributed by atoms with Gasteiger partial charge in [0.1, 0.15) is 5.75 Å². The van der Waals surface area contributed by atoms with Gasteiger partial charge in [0, 0.05) is 0 Å². The third kappa shape index (κ3) is 3.46. The van der Waals surface area contributed by atoms with Crippen LogP contribution in [0.3, 0.4) is 0 Å². The third-order valence-corrected chi connectivity index (χ3v) is 2.96. The summed E-state index contributed by atoms with van der Waals surface area (Å²) in [4.78, 5) is 10.5. The smallest absolute Gasteiger partial charge is 0.300 e. The Hall–Kier alpha value is -2.67. The van der Waals surface area contributed by atoms with Crippen molar-refractivity contribution in [2.45, 2.75) is 0 Å². The summed E-state index contributed by atoms with van der Waals surface area (Å²) in [5.41, 5.74) is 6.37. The molecule has 21 heavy (non-hydrogen) atoms. The van der Waals surface area contributed by atoms with E-state index in [-0.39, 0.29) is 11.4 Å². The molecule has 0 saturated carbocycles. The van der Waals surface area contributed by atoms with Crippen LogP contribution in [0.2, 0.25) is 5.02 Å². The molecule has 7 nitrogen and oxygen atoms in total. The monoisotopic (exact) mass is 306 g/mol. The quantitative estimate of drug-likeness (QED) is 0.394. The second-order valence-electron chi connectivity index (χ2n) is 4.02. The van der Waals surface area contributed by atoms with Crippen LogP contribution in [0.1, 0.15) is 0 Å². The van der Waals surface area contributed by atoms with Gasteiger partial charge in [-0.05, 0) is 30.3 Å². The summed E-state index contributed by atoms with van der Waals surface area (Å²) in [5.74, 6) is 0.371. The number of hydrogen-bond donors (Lipinski definition) is 1. The zero-order valence-corrected chi connectivity index (χ0v) is 11.7. The van der Waals surface area contributed by atoms with Crippen LogP contribution in [0, 0.1) is 10.1 Å². The van der Waals surface area contributed by atoms with Crippen LogP contribution >= 0.6 is 11.6 Å². The Bertz CT molecular complexity index is 719. The molecule has 0 radical (unpaired) electrons. The van der Waals surface area contributed by atoms with Gasteiger partial charge < -0.3 is 10.5 Å². The number of nitro benzene ring substituents is 1. The van der Waals surface area contributed by atoms with E-state index in [2.05, 4.69) is 10.2 Å². The summed E-state index contributed by atoms with van der Waals surface area (Å²) in [6.07, 6.45) is 0. The van der Waals surface area contributed by atoms with Crippen LogP contribution in [0.25, 0.3) is 0 Å². The topological polar surface area (TPSA) is 103 Å². The van der Waals surface area contributed by atoms with Crippen molar-refractivity contribution in [2.75, 3.05) is 12.8 Å². The maximum absolute atomic E-state index is 11.0. The predicted octanol–water partition coefficient (Wildman–Crippen LogP) is 4.25. The number of nitro groups is 1. The predicted molar refractivity (Wildman–Crippen MR) is 79.7 cm³/mol. The van der Waals surface area contributed by atoms with E-state index in [0.29, 0.717) is 22.1 Å². The number of hydrogen-bond acceptors (Lipinski definition) is 6. The molecule has 0 aliphatic rings. The minimum atomic E-state index is -0.549. The molecule has 2 aromatic carbocycles. The average Bonchev–Trinajstić information content (AvgIpc) is 2.48. The Labute approximate surface area is 125 Å². The Balaban J connectivity index is 2.36. The first-order chi connectivity index (χ1) is 10.0. The minimum Gasteiger partial charge on any atom is -0.496 e. The summed E-state index contributed by atoms with van der Waals surface area (Å²) < 4.78 is 4.94. The summed E-state index contributed by atoms with van der Waals surface area (Å²) >= 11 is 5.87. The van der Waals surface area contributed by atoms with Crippen LogP contribution in [0.15, 0.2) is 46.6 Å². The molecule has 0 heterocycles. The number of rotatable bonds is 4. The molecule has 0 unspecified atom stereocenters. The zero-order valence-electron chi connectivity index (χ0n) is 11.0. The lowest BCUT2D eigenvalue weighted by Gasteiger charge is -2.01. The highest BCUT2D eigenvalue weighted by atomic mass is 35.5. The van der Waals surface area contributed by atoms with Crippen LogP contribution < -0.4 is 10.5 Å². The lowest BCUT2D eigenvalue weighted by molar-refractivity contribution is -0.384. The molecule has 0 saturated heterocycles. The number of halogens is 1. The maximum atomic E-state index is 11.0. The average molecular weight is 307 g/mol. The van der Waals surface area contributed by atoms with Crippen molar-refractivity contribution in [3.63, 3.8) is 0 Å². The van der Waals surface area contributed by atoms with Crippen LogP contribution in [0.5, 0.6) is 5.75 Å². The second kappa shape index (κ2) is 6.19. The van der Waals surface area contributed by atoms with E-state index in [9.17, 15) is 10.1 Å². The van der Waals surface area contributed by atoms with E-state index in [0.717, 1.165) is 0 Å². The van der Waals surface area contributed by atoms with Crippen molar-refractivity contribution < 1.29 is 9.66 Å². The molecule has 8 heteroatoms. The van der Waals surface area contributed by atoms with Gasteiger partial charge >= 0.3 is 0 Å². The van der Waals surface area contributed by atoms with Crippen LogP contribution in [0.4, 0.5) is 22.7 Å². The number of anilines is 1. The first-order valence-electron chi connectivity index (χ1n) is 5.80. The highest BCUT2D eigenvalue weighted by Gasteiger charge is 2.14. The number of ether oxygens (including phenoxy) is 1. The highest BCUT2D eigenvalue weighted by molar-refractivity contribution is 6.33. The zero-order chi connectivity index (χ0) is 15.4. The van der Waals surface area contributed by atoms with E-state index < -0.39 is 4.92 Å². The number of nitrogens with two attached hydrogens (primary N) is 1. The summed E-state index contributed by atoms with van der Waals surface area (Å²) in [6, 6.07) is 9.02. The van der Waals surface area contributed by atoms with Crippen molar-refractivity contribution >= 4 is 34.4 Å². The number of azo groups is 1. The van der Waals surface area contributed by atoms with Crippen molar-refractivity contribution in [3.8, 4) is 5.75 Å². The lowest BCUT2D eigenvalue weighted by atomic mass is 10.2. The van der Waals surface area contributed by atoms with E-state index in [4.69, 9.17) is 22.1 Å². The van der Waals surface area contributed by atoms with Crippen LogP contribution in [-0.4, -0.2) is 12.0 Å². The SMILES string of the molecule is COc1ccc(N=Nc2ccc(N)c(Cl)c2)c([N+](=O)[O-])c1.